The van der Waals surface area contributed by atoms with Gasteiger partial charge in [-0.2, -0.15) is 0 Å². The second-order valence-corrected chi connectivity index (χ2v) is 5.73. The fourth-order valence-corrected chi connectivity index (χ4v) is 2.65. The molecule has 0 spiro atoms. The summed E-state index contributed by atoms with van der Waals surface area (Å²) in [5.41, 5.74) is 1.04. The molecule has 17 heavy (non-hydrogen) atoms. The lowest BCUT2D eigenvalue weighted by molar-refractivity contribution is 0.189. The first-order valence-corrected chi connectivity index (χ1v) is 6.68. The van der Waals surface area contributed by atoms with Crippen molar-refractivity contribution in [2.45, 2.75) is 25.3 Å². The van der Waals surface area contributed by atoms with Crippen LogP contribution in [0.3, 0.4) is 0 Å². The first kappa shape index (κ1) is 13.1. The van der Waals surface area contributed by atoms with Gasteiger partial charge in [-0.3, -0.25) is 4.90 Å². The minimum absolute atomic E-state index is 0.190. The molecule has 0 aliphatic carbocycles. The highest BCUT2D eigenvalue weighted by Crippen LogP contribution is 2.24. The van der Waals surface area contributed by atoms with Crippen LogP contribution in [0.15, 0.2) is 18.2 Å². The molecule has 94 valence electrons. The van der Waals surface area contributed by atoms with E-state index in [0.29, 0.717) is 5.92 Å². The van der Waals surface area contributed by atoms with Gasteiger partial charge in [0.2, 0.25) is 0 Å². The van der Waals surface area contributed by atoms with Gasteiger partial charge in [0.25, 0.3) is 0 Å². The van der Waals surface area contributed by atoms with Crippen LogP contribution in [0.25, 0.3) is 0 Å². The summed E-state index contributed by atoms with van der Waals surface area (Å²) in [5.74, 6) is 0.211. The van der Waals surface area contributed by atoms with E-state index in [1.807, 2.05) is 0 Å². The van der Waals surface area contributed by atoms with Crippen molar-refractivity contribution in [3.05, 3.63) is 34.6 Å². The molecule has 0 radical (unpaired) electrons. The Kier molecular flexibility index (Phi) is 4.29. The van der Waals surface area contributed by atoms with E-state index in [1.54, 1.807) is 12.1 Å². The van der Waals surface area contributed by atoms with Gasteiger partial charge in [-0.25, -0.2) is 4.39 Å². The summed E-state index contributed by atoms with van der Waals surface area (Å²) in [4.78, 5) is 2.29. The summed E-state index contributed by atoms with van der Waals surface area (Å²) >= 11 is 12.0. The van der Waals surface area contributed by atoms with Gasteiger partial charge in [0.05, 0.1) is 5.02 Å². The number of hydrogen-bond acceptors (Lipinski definition) is 1. The van der Waals surface area contributed by atoms with E-state index in [2.05, 4.69) is 11.8 Å². The molecule has 1 aromatic rings. The predicted octanol–water partition coefficient (Wildman–Crippen LogP) is 3.93. The Morgan fingerprint density at radius 2 is 2.24 bits per heavy atom. The molecule has 2 atom stereocenters. The van der Waals surface area contributed by atoms with E-state index in [1.165, 1.54) is 6.07 Å². The summed E-state index contributed by atoms with van der Waals surface area (Å²) in [6.07, 6.45) is 1.11. The Hall–Kier alpha value is -0.310. The predicted molar refractivity (Wildman–Crippen MR) is 70.1 cm³/mol. The van der Waals surface area contributed by atoms with Crippen LogP contribution < -0.4 is 0 Å². The average Bonchev–Trinajstić information content (AvgIpc) is 2.29. The topological polar surface area (TPSA) is 3.24 Å². The highest BCUT2D eigenvalue weighted by molar-refractivity contribution is 6.30. The van der Waals surface area contributed by atoms with Crippen LogP contribution >= 0.6 is 23.2 Å². The number of likely N-dealkylation sites (tertiary alicyclic amines) is 1. The maximum atomic E-state index is 13.0. The molecule has 1 aromatic carbocycles. The van der Waals surface area contributed by atoms with Gasteiger partial charge < -0.3 is 0 Å². The number of piperidine rings is 1. The number of hydrogen-bond donors (Lipinski definition) is 0. The van der Waals surface area contributed by atoms with Crippen molar-refractivity contribution in [1.29, 1.82) is 0 Å². The zero-order valence-electron chi connectivity index (χ0n) is 9.80. The molecule has 2 rings (SSSR count). The number of rotatable bonds is 2. The molecule has 0 aromatic heterocycles. The molecule has 0 saturated carbocycles. The average molecular weight is 276 g/mol. The molecule has 0 bridgehead atoms. The molecule has 4 heteroatoms. The lowest BCUT2D eigenvalue weighted by atomic mass is 9.98. The molecule has 1 aliphatic heterocycles. The Labute approximate surface area is 112 Å². The molecule has 1 aliphatic rings. The molecule has 1 saturated heterocycles. The van der Waals surface area contributed by atoms with Crippen LogP contribution in [-0.2, 0) is 6.54 Å². The lowest BCUT2D eigenvalue weighted by Crippen LogP contribution is -2.39. The monoisotopic (exact) mass is 275 g/mol. The van der Waals surface area contributed by atoms with Gasteiger partial charge in [-0.15, -0.1) is 11.6 Å². The second-order valence-electron chi connectivity index (χ2n) is 4.77. The Morgan fingerprint density at radius 1 is 1.47 bits per heavy atom. The maximum absolute atomic E-state index is 13.0. The zero-order valence-corrected chi connectivity index (χ0v) is 11.3. The van der Waals surface area contributed by atoms with Crippen molar-refractivity contribution in [2.75, 3.05) is 13.1 Å². The SMILES string of the molecule is CC1CCN(Cc2ccc(F)c(Cl)c2)CC1Cl. The van der Waals surface area contributed by atoms with Crippen molar-refractivity contribution < 1.29 is 4.39 Å². The molecule has 0 amide bonds. The summed E-state index contributed by atoms with van der Waals surface area (Å²) < 4.78 is 13.0. The van der Waals surface area contributed by atoms with E-state index in [9.17, 15) is 4.39 Å². The molecule has 0 N–H and O–H groups in total. The summed E-state index contributed by atoms with van der Waals surface area (Å²) in [7, 11) is 0. The minimum atomic E-state index is -0.363. The van der Waals surface area contributed by atoms with Gasteiger partial charge in [-0.05, 0) is 36.6 Å². The van der Waals surface area contributed by atoms with Crippen molar-refractivity contribution in [3.8, 4) is 0 Å². The molecule has 1 nitrogen and oxygen atoms in total. The number of halogens is 3. The Morgan fingerprint density at radius 3 is 2.88 bits per heavy atom. The Balaban J connectivity index is 1.99. The van der Waals surface area contributed by atoms with Crippen molar-refractivity contribution in [3.63, 3.8) is 0 Å². The normalized spacial score (nSPS) is 26.1. The molecular formula is C13H16Cl2FN. The molecule has 2 unspecified atom stereocenters. The highest BCUT2D eigenvalue weighted by Gasteiger charge is 2.24. The van der Waals surface area contributed by atoms with Crippen LogP contribution in [0, 0.1) is 11.7 Å². The number of alkyl halides is 1. The van der Waals surface area contributed by atoms with E-state index < -0.39 is 0 Å². The fraction of sp³-hybridized carbons (Fsp3) is 0.538. The summed E-state index contributed by atoms with van der Waals surface area (Å²) in [6, 6.07) is 4.89. The third kappa shape index (κ3) is 3.34. The zero-order chi connectivity index (χ0) is 12.4. The third-order valence-electron chi connectivity index (χ3n) is 3.34. The molecular weight excluding hydrogens is 260 g/mol. The highest BCUT2D eigenvalue weighted by atomic mass is 35.5. The van der Waals surface area contributed by atoms with E-state index in [4.69, 9.17) is 23.2 Å². The van der Waals surface area contributed by atoms with Crippen LogP contribution in [0.1, 0.15) is 18.9 Å². The van der Waals surface area contributed by atoms with Gasteiger partial charge in [-0.1, -0.05) is 24.6 Å². The Bertz CT molecular complexity index is 397. The van der Waals surface area contributed by atoms with Crippen LogP contribution in [0.2, 0.25) is 5.02 Å². The fourth-order valence-electron chi connectivity index (χ4n) is 2.12. The number of nitrogens with zero attached hydrogens (tertiary/aromatic N) is 1. The van der Waals surface area contributed by atoms with Crippen LogP contribution in [-0.4, -0.2) is 23.4 Å². The van der Waals surface area contributed by atoms with Crippen molar-refractivity contribution in [2.24, 2.45) is 5.92 Å². The standard InChI is InChI=1S/C13H16Cl2FN/c1-9-4-5-17(8-12(9)15)7-10-2-3-13(16)11(14)6-10/h2-3,6,9,12H,4-5,7-8H2,1H3. The van der Waals surface area contributed by atoms with Crippen molar-refractivity contribution >= 4 is 23.2 Å². The van der Waals surface area contributed by atoms with E-state index in [-0.39, 0.29) is 16.2 Å². The lowest BCUT2D eigenvalue weighted by Gasteiger charge is -2.33. The second kappa shape index (κ2) is 5.55. The number of benzene rings is 1. The summed E-state index contributed by atoms with van der Waals surface area (Å²) in [5, 5.41) is 0.398. The van der Waals surface area contributed by atoms with Gasteiger partial charge in [0.1, 0.15) is 5.82 Å². The van der Waals surface area contributed by atoms with Gasteiger partial charge in [0.15, 0.2) is 0 Å². The minimum Gasteiger partial charge on any atom is -0.298 e. The summed E-state index contributed by atoms with van der Waals surface area (Å²) in [6.45, 7) is 4.90. The van der Waals surface area contributed by atoms with Crippen molar-refractivity contribution in [1.82, 2.24) is 4.90 Å². The van der Waals surface area contributed by atoms with E-state index in [0.717, 1.165) is 31.6 Å². The van der Waals surface area contributed by atoms with Crippen LogP contribution in [0.4, 0.5) is 4.39 Å². The molecule has 1 fully saturated rings. The van der Waals surface area contributed by atoms with Gasteiger partial charge in [0, 0.05) is 18.5 Å². The largest absolute Gasteiger partial charge is 0.298 e. The quantitative estimate of drug-likeness (QED) is 0.740. The smallest absolute Gasteiger partial charge is 0.141 e. The van der Waals surface area contributed by atoms with Gasteiger partial charge >= 0.3 is 0 Å². The molecule has 1 heterocycles. The van der Waals surface area contributed by atoms with E-state index >= 15 is 0 Å². The first-order chi connectivity index (χ1) is 8.06. The third-order valence-corrected chi connectivity index (χ3v) is 4.20. The van der Waals surface area contributed by atoms with Crippen LogP contribution in [0.5, 0.6) is 0 Å². The maximum Gasteiger partial charge on any atom is 0.141 e. The first-order valence-electron chi connectivity index (χ1n) is 5.86.